The van der Waals surface area contributed by atoms with E-state index in [9.17, 15) is 9.50 Å². The number of hydrogen-bond donors (Lipinski definition) is 1. The van der Waals surface area contributed by atoms with Crippen molar-refractivity contribution in [3.05, 3.63) is 41.0 Å². The van der Waals surface area contributed by atoms with E-state index in [1.54, 1.807) is 0 Å². The summed E-state index contributed by atoms with van der Waals surface area (Å²) in [7, 11) is 0. The summed E-state index contributed by atoms with van der Waals surface area (Å²) in [5, 5.41) is 26.7. The zero-order valence-corrected chi connectivity index (χ0v) is 12.4. The van der Waals surface area contributed by atoms with E-state index in [-0.39, 0.29) is 12.4 Å². The number of hydrogen-bond acceptors (Lipinski definition) is 5. The molecule has 21 heavy (non-hydrogen) atoms. The van der Waals surface area contributed by atoms with Gasteiger partial charge < -0.3 is 9.67 Å². The van der Waals surface area contributed by atoms with E-state index in [4.69, 9.17) is 5.26 Å². The highest BCUT2D eigenvalue weighted by Gasteiger charge is 2.12. The molecule has 5 nitrogen and oxygen atoms in total. The summed E-state index contributed by atoms with van der Waals surface area (Å²) in [6.07, 6.45) is 0.886. The van der Waals surface area contributed by atoms with E-state index in [0.29, 0.717) is 34.4 Å². The zero-order valence-electron chi connectivity index (χ0n) is 11.6. The average Bonchev–Trinajstić information content (AvgIpc) is 2.89. The Bertz CT molecular complexity index is 665. The fourth-order valence-corrected chi connectivity index (χ4v) is 2.85. The van der Waals surface area contributed by atoms with E-state index in [1.807, 2.05) is 17.6 Å². The molecule has 1 aromatic heterocycles. The highest BCUT2D eigenvalue weighted by molar-refractivity contribution is 7.98. The maximum absolute atomic E-state index is 13.7. The third kappa shape index (κ3) is 3.60. The molecule has 0 saturated heterocycles. The number of nitriles is 1. The highest BCUT2D eigenvalue weighted by atomic mass is 32.2. The molecule has 0 bridgehead atoms. The fraction of sp³-hybridized carbons (Fsp3) is 0.357. The summed E-state index contributed by atoms with van der Waals surface area (Å²) in [4.78, 5) is 0. The smallest absolute Gasteiger partial charge is 0.191 e. The second-order valence-corrected chi connectivity index (χ2v) is 5.36. The molecular formula is C14H15FN4OS. The number of thioether (sulfide) groups is 1. The average molecular weight is 306 g/mol. The number of aromatic nitrogens is 3. The van der Waals surface area contributed by atoms with Crippen molar-refractivity contribution in [2.45, 2.75) is 37.4 Å². The molecule has 0 aliphatic rings. The summed E-state index contributed by atoms with van der Waals surface area (Å²) in [6.45, 7) is 2.55. The van der Waals surface area contributed by atoms with Gasteiger partial charge in [-0.3, -0.25) is 0 Å². The standard InChI is InChI=1S/C14H15FN4OS/c1-2-5-19-13(8-20)17-18-14(19)21-9-11-6-10(7-16)3-4-12(11)15/h3-4,6,20H,2,5,8-9H2,1H3. The first-order valence-corrected chi connectivity index (χ1v) is 7.52. The van der Waals surface area contributed by atoms with Gasteiger partial charge in [-0.1, -0.05) is 18.7 Å². The molecule has 0 unspecified atom stereocenters. The topological polar surface area (TPSA) is 74.7 Å². The van der Waals surface area contributed by atoms with E-state index in [1.165, 1.54) is 30.0 Å². The van der Waals surface area contributed by atoms with E-state index in [2.05, 4.69) is 10.2 Å². The first kappa shape index (κ1) is 15.5. The summed E-state index contributed by atoms with van der Waals surface area (Å²) in [5.41, 5.74) is 0.883. The Balaban J connectivity index is 2.17. The Kier molecular flexibility index (Phi) is 5.31. The van der Waals surface area contributed by atoms with Crippen LogP contribution in [0.25, 0.3) is 0 Å². The Morgan fingerprint density at radius 3 is 2.90 bits per heavy atom. The van der Waals surface area contributed by atoms with Crippen molar-refractivity contribution in [2.75, 3.05) is 0 Å². The van der Waals surface area contributed by atoms with Crippen molar-refractivity contribution in [1.29, 1.82) is 5.26 Å². The van der Waals surface area contributed by atoms with Crippen LogP contribution in [0.3, 0.4) is 0 Å². The van der Waals surface area contributed by atoms with Crippen LogP contribution in [-0.4, -0.2) is 19.9 Å². The van der Waals surface area contributed by atoms with Crippen molar-refractivity contribution in [3.8, 4) is 6.07 Å². The first-order chi connectivity index (χ1) is 10.2. The van der Waals surface area contributed by atoms with E-state index < -0.39 is 0 Å². The molecule has 110 valence electrons. The molecule has 7 heteroatoms. The summed E-state index contributed by atoms with van der Waals surface area (Å²) < 4.78 is 15.6. The molecule has 1 heterocycles. The number of aliphatic hydroxyl groups is 1. The van der Waals surface area contributed by atoms with E-state index in [0.717, 1.165) is 6.42 Å². The predicted molar refractivity (Wildman–Crippen MR) is 76.9 cm³/mol. The third-order valence-electron chi connectivity index (χ3n) is 2.91. The van der Waals surface area contributed by atoms with Gasteiger partial charge in [0.05, 0.1) is 11.6 Å². The SMILES string of the molecule is CCCn1c(CO)nnc1SCc1cc(C#N)ccc1F. The maximum Gasteiger partial charge on any atom is 0.191 e. The van der Waals surface area contributed by atoms with Crippen LogP contribution >= 0.6 is 11.8 Å². The van der Waals surface area contributed by atoms with Gasteiger partial charge in [-0.15, -0.1) is 10.2 Å². The van der Waals surface area contributed by atoms with Crippen molar-refractivity contribution < 1.29 is 9.50 Å². The van der Waals surface area contributed by atoms with Crippen LogP contribution in [0.5, 0.6) is 0 Å². The van der Waals surface area contributed by atoms with Crippen LogP contribution in [0.15, 0.2) is 23.4 Å². The highest BCUT2D eigenvalue weighted by Crippen LogP contribution is 2.24. The Morgan fingerprint density at radius 2 is 2.24 bits per heavy atom. The molecule has 0 atom stereocenters. The third-order valence-corrected chi connectivity index (χ3v) is 3.93. The lowest BCUT2D eigenvalue weighted by Crippen LogP contribution is -2.05. The van der Waals surface area contributed by atoms with Gasteiger partial charge in [-0.25, -0.2) is 4.39 Å². The second-order valence-electron chi connectivity index (χ2n) is 4.42. The minimum absolute atomic E-state index is 0.175. The molecule has 0 amide bonds. The quantitative estimate of drug-likeness (QED) is 0.830. The van der Waals surface area contributed by atoms with Crippen molar-refractivity contribution in [2.24, 2.45) is 0 Å². The largest absolute Gasteiger partial charge is 0.388 e. The van der Waals surface area contributed by atoms with Crippen LogP contribution in [0.1, 0.15) is 30.3 Å². The van der Waals surface area contributed by atoms with Crippen molar-refractivity contribution in [1.82, 2.24) is 14.8 Å². The lowest BCUT2D eigenvalue weighted by atomic mass is 10.1. The van der Waals surface area contributed by atoms with Gasteiger partial charge in [0.25, 0.3) is 0 Å². The Labute approximate surface area is 126 Å². The van der Waals surface area contributed by atoms with E-state index >= 15 is 0 Å². The van der Waals surface area contributed by atoms with Gasteiger partial charge in [0.1, 0.15) is 12.4 Å². The second kappa shape index (κ2) is 7.20. The summed E-state index contributed by atoms with van der Waals surface area (Å²) in [5.74, 6) is 0.519. The lowest BCUT2D eigenvalue weighted by molar-refractivity contribution is 0.263. The van der Waals surface area contributed by atoms with Crippen LogP contribution in [0.2, 0.25) is 0 Å². The molecule has 1 N–H and O–H groups in total. The fourth-order valence-electron chi connectivity index (χ4n) is 1.89. The molecule has 1 aromatic carbocycles. The van der Waals surface area contributed by atoms with Gasteiger partial charge >= 0.3 is 0 Å². The van der Waals surface area contributed by atoms with Gasteiger partial charge in [-0.05, 0) is 30.2 Å². The number of aliphatic hydroxyl groups excluding tert-OH is 1. The molecule has 0 radical (unpaired) electrons. The van der Waals surface area contributed by atoms with Crippen LogP contribution in [-0.2, 0) is 18.9 Å². The van der Waals surface area contributed by atoms with Gasteiger partial charge in [0, 0.05) is 12.3 Å². The number of benzene rings is 1. The lowest BCUT2D eigenvalue weighted by Gasteiger charge is -2.08. The molecule has 2 aromatic rings. The predicted octanol–water partition coefficient (Wildman–Crippen LogP) is 2.48. The summed E-state index contributed by atoms with van der Waals surface area (Å²) >= 11 is 1.34. The Morgan fingerprint density at radius 1 is 1.43 bits per heavy atom. The van der Waals surface area contributed by atoms with Gasteiger partial charge in [0.2, 0.25) is 0 Å². The normalized spacial score (nSPS) is 10.6. The minimum Gasteiger partial charge on any atom is -0.388 e. The zero-order chi connectivity index (χ0) is 15.2. The molecule has 0 spiro atoms. The number of nitrogens with zero attached hydrogens (tertiary/aromatic N) is 4. The molecular weight excluding hydrogens is 291 g/mol. The maximum atomic E-state index is 13.7. The number of rotatable bonds is 6. The molecule has 0 aliphatic carbocycles. The first-order valence-electron chi connectivity index (χ1n) is 6.53. The monoisotopic (exact) mass is 306 g/mol. The summed E-state index contributed by atoms with van der Waals surface area (Å²) in [6, 6.07) is 6.28. The molecule has 0 saturated carbocycles. The molecule has 2 rings (SSSR count). The molecule has 0 aliphatic heterocycles. The van der Waals surface area contributed by atoms with Crippen LogP contribution in [0.4, 0.5) is 4.39 Å². The van der Waals surface area contributed by atoms with Crippen LogP contribution < -0.4 is 0 Å². The van der Waals surface area contributed by atoms with Crippen molar-refractivity contribution >= 4 is 11.8 Å². The minimum atomic E-state index is -0.342. The van der Waals surface area contributed by atoms with Crippen molar-refractivity contribution in [3.63, 3.8) is 0 Å². The van der Waals surface area contributed by atoms with Gasteiger partial charge in [-0.2, -0.15) is 5.26 Å². The molecule has 0 fully saturated rings. The number of halogens is 1. The van der Waals surface area contributed by atoms with Gasteiger partial charge in [0.15, 0.2) is 11.0 Å². The Hall–Kier alpha value is -1.91. The van der Waals surface area contributed by atoms with Crippen LogP contribution in [0, 0.1) is 17.1 Å².